The summed E-state index contributed by atoms with van der Waals surface area (Å²) in [4.78, 5) is 0. The fraction of sp³-hybridized carbons (Fsp3) is 0.429. The van der Waals surface area contributed by atoms with Crippen LogP contribution < -0.4 is 0 Å². The lowest BCUT2D eigenvalue weighted by atomic mass is 10.3. The zero-order chi connectivity index (χ0) is 7.28. The Kier molecular flexibility index (Phi) is 5.09. The molecule has 0 fully saturated rings. The van der Waals surface area contributed by atoms with Gasteiger partial charge in [-0.15, -0.1) is 0 Å². The third-order valence-corrected chi connectivity index (χ3v) is 1.15. The Labute approximate surface area is 69.6 Å². The van der Waals surface area contributed by atoms with Crippen LogP contribution in [0, 0.1) is 0 Å². The second kappa shape index (κ2) is 4.99. The van der Waals surface area contributed by atoms with Gasteiger partial charge in [0.2, 0.25) is 0 Å². The molecule has 0 aromatic carbocycles. The van der Waals surface area contributed by atoms with Crippen LogP contribution in [0.15, 0.2) is 21.3 Å². The first kappa shape index (κ1) is 9.17. The molecule has 0 aromatic rings. The molecule has 0 saturated carbocycles. The summed E-state index contributed by atoms with van der Waals surface area (Å²) in [6.07, 6.45) is 3.80. The minimum Gasteiger partial charge on any atom is -0.392 e. The van der Waals surface area contributed by atoms with Gasteiger partial charge in [0.15, 0.2) is 0 Å². The van der Waals surface area contributed by atoms with E-state index in [9.17, 15) is 0 Å². The highest BCUT2D eigenvalue weighted by Gasteiger charge is 1.81. The van der Waals surface area contributed by atoms with E-state index < -0.39 is 0 Å². The molecule has 0 spiro atoms. The third-order valence-electron chi connectivity index (χ3n) is 0.840. The number of allylic oxidation sites excluding steroid dienone is 3. The van der Waals surface area contributed by atoms with Crippen LogP contribution in [-0.4, -0.2) is 11.7 Å². The second-order valence-electron chi connectivity index (χ2n) is 1.86. The molecule has 0 aliphatic heterocycles. The van der Waals surface area contributed by atoms with E-state index in [1.807, 2.05) is 19.9 Å². The first-order valence-corrected chi connectivity index (χ1v) is 3.86. The van der Waals surface area contributed by atoms with Crippen LogP contribution in [0.1, 0.15) is 13.8 Å². The molecule has 2 heteroatoms. The average Bonchev–Trinajstić information content (AvgIpc) is 1.63. The topological polar surface area (TPSA) is 20.2 Å². The highest BCUT2D eigenvalue weighted by molar-refractivity contribution is 14.1. The SMILES string of the molecule is CC(I)=CC(C)=CCO. The Hall–Kier alpha value is 0.170. The minimum absolute atomic E-state index is 0.131. The van der Waals surface area contributed by atoms with E-state index in [4.69, 9.17) is 5.11 Å². The summed E-state index contributed by atoms with van der Waals surface area (Å²) in [5, 5.41) is 8.44. The van der Waals surface area contributed by atoms with Crippen molar-refractivity contribution in [1.82, 2.24) is 0 Å². The molecule has 0 aliphatic rings. The molecule has 0 atom stereocenters. The third kappa shape index (κ3) is 6.05. The monoisotopic (exact) mass is 238 g/mol. The van der Waals surface area contributed by atoms with Gasteiger partial charge in [-0.3, -0.25) is 0 Å². The number of aliphatic hydroxyl groups is 1. The Morgan fingerprint density at radius 2 is 2.11 bits per heavy atom. The second-order valence-corrected chi connectivity index (χ2v) is 3.56. The normalized spacial score (nSPS) is 14.2. The van der Waals surface area contributed by atoms with Crippen molar-refractivity contribution >= 4 is 22.6 Å². The fourth-order valence-electron chi connectivity index (χ4n) is 0.517. The van der Waals surface area contributed by atoms with E-state index in [1.54, 1.807) is 6.08 Å². The molecule has 1 nitrogen and oxygen atoms in total. The molecule has 0 aromatic heterocycles. The van der Waals surface area contributed by atoms with Crippen molar-refractivity contribution in [3.63, 3.8) is 0 Å². The maximum atomic E-state index is 8.44. The summed E-state index contributed by atoms with van der Waals surface area (Å²) in [6, 6.07) is 0. The van der Waals surface area contributed by atoms with Crippen molar-refractivity contribution in [2.45, 2.75) is 13.8 Å². The molecule has 0 unspecified atom stereocenters. The minimum atomic E-state index is 0.131. The van der Waals surface area contributed by atoms with Gasteiger partial charge >= 0.3 is 0 Å². The predicted octanol–water partition coefficient (Wildman–Crippen LogP) is 2.26. The molecule has 52 valence electrons. The molecule has 1 N–H and O–H groups in total. The van der Waals surface area contributed by atoms with Gasteiger partial charge in [-0.05, 0) is 40.0 Å². The molecule has 9 heavy (non-hydrogen) atoms. The lowest BCUT2D eigenvalue weighted by Crippen LogP contribution is -1.75. The molecule has 0 bridgehead atoms. The number of hydrogen-bond acceptors (Lipinski definition) is 1. The molecular weight excluding hydrogens is 227 g/mol. The van der Waals surface area contributed by atoms with E-state index in [1.165, 1.54) is 3.58 Å². The van der Waals surface area contributed by atoms with Gasteiger partial charge in [-0.2, -0.15) is 0 Å². The van der Waals surface area contributed by atoms with Crippen molar-refractivity contribution < 1.29 is 5.11 Å². The molecule has 0 radical (unpaired) electrons. The Bertz CT molecular complexity index is 132. The van der Waals surface area contributed by atoms with Crippen LogP contribution in [0.4, 0.5) is 0 Å². The molecule has 0 rings (SSSR count). The zero-order valence-corrected chi connectivity index (χ0v) is 7.84. The number of rotatable bonds is 2. The van der Waals surface area contributed by atoms with Gasteiger partial charge in [0.25, 0.3) is 0 Å². The summed E-state index contributed by atoms with van der Waals surface area (Å²) >= 11 is 2.24. The summed E-state index contributed by atoms with van der Waals surface area (Å²) < 4.78 is 1.23. The van der Waals surface area contributed by atoms with E-state index in [2.05, 4.69) is 22.6 Å². The molecule has 0 amide bonds. The maximum absolute atomic E-state index is 8.44. The van der Waals surface area contributed by atoms with Crippen molar-refractivity contribution in [2.75, 3.05) is 6.61 Å². The van der Waals surface area contributed by atoms with Crippen molar-refractivity contribution in [3.8, 4) is 0 Å². The smallest absolute Gasteiger partial charge is 0.0617 e. The first-order valence-electron chi connectivity index (χ1n) is 2.78. The number of aliphatic hydroxyl groups excluding tert-OH is 1. The molecular formula is C7H11IO. The molecule has 0 heterocycles. The predicted molar refractivity (Wildman–Crippen MR) is 48.6 cm³/mol. The highest BCUT2D eigenvalue weighted by atomic mass is 127. The van der Waals surface area contributed by atoms with Crippen LogP contribution in [-0.2, 0) is 0 Å². The Morgan fingerprint density at radius 1 is 1.56 bits per heavy atom. The summed E-state index contributed by atoms with van der Waals surface area (Å²) in [6.45, 7) is 4.12. The molecule has 0 saturated heterocycles. The molecule has 0 aliphatic carbocycles. The summed E-state index contributed by atoms with van der Waals surface area (Å²) in [5.41, 5.74) is 1.12. The number of hydrogen-bond donors (Lipinski definition) is 1. The van der Waals surface area contributed by atoms with Crippen LogP contribution in [0.25, 0.3) is 0 Å². The standard InChI is InChI=1S/C7H11IO/c1-6(3-4-9)5-7(2)8/h3,5,9H,4H2,1-2H3. The van der Waals surface area contributed by atoms with Crippen molar-refractivity contribution in [3.05, 3.63) is 21.3 Å². The summed E-state index contributed by atoms with van der Waals surface area (Å²) in [7, 11) is 0. The average molecular weight is 238 g/mol. The van der Waals surface area contributed by atoms with E-state index in [0.717, 1.165) is 5.57 Å². The maximum Gasteiger partial charge on any atom is 0.0617 e. The van der Waals surface area contributed by atoms with Gasteiger partial charge in [0.05, 0.1) is 6.61 Å². The van der Waals surface area contributed by atoms with Crippen LogP contribution in [0.2, 0.25) is 0 Å². The number of halogens is 1. The zero-order valence-electron chi connectivity index (χ0n) is 5.69. The van der Waals surface area contributed by atoms with Crippen LogP contribution in [0.3, 0.4) is 0 Å². The first-order chi connectivity index (χ1) is 4.16. The van der Waals surface area contributed by atoms with Gasteiger partial charge < -0.3 is 5.11 Å². The van der Waals surface area contributed by atoms with Gasteiger partial charge in [0.1, 0.15) is 0 Å². The van der Waals surface area contributed by atoms with Crippen molar-refractivity contribution in [1.29, 1.82) is 0 Å². The van der Waals surface area contributed by atoms with E-state index >= 15 is 0 Å². The van der Waals surface area contributed by atoms with Gasteiger partial charge in [-0.25, -0.2) is 0 Å². The Balaban J connectivity index is 3.90. The lowest BCUT2D eigenvalue weighted by Gasteiger charge is -1.89. The Morgan fingerprint density at radius 3 is 2.44 bits per heavy atom. The van der Waals surface area contributed by atoms with Gasteiger partial charge in [-0.1, -0.05) is 17.7 Å². The largest absolute Gasteiger partial charge is 0.392 e. The van der Waals surface area contributed by atoms with Crippen LogP contribution >= 0.6 is 22.6 Å². The van der Waals surface area contributed by atoms with E-state index in [0.29, 0.717) is 0 Å². The van der Waals surface area contributed by atoms with Gasteiger partial charge in [0, 0.05) is 0 Å². The fourth-order valence-corrected chi connectivity index (χ4v) is 1.01. The van der Waals surface area contributed by atoms with Crippen LogP contribution in [0.5, 0.6) is 0 Å². The quantitative estimate of drug-likeness (QED) is 0.577. The van der Waals surface area contributed by atoms with E-state index in [-0.39, 0.29) is 6.61 Å². The van der Waals surface area contributed by atoms with Crippen molar-refractivity contribution in [2.24, 2.45) is 0 Å². The summed E-state index contributed by atoms with van der Waals surface area (Å²) in [5.74, 6) is 0. The highest BCUT2D eigenvalue weighted by Crippen LogP contribution is 2.07. The lowest BCUT2D eigenvalue weighted by molar-refractivity contribution is 0.342.